The highest BCUT2D eigenvalue weighted by atomic mass is 16.5. The molecule has 1 fully saturated rings. The van der Waals surface area contributed by atoms with E-state index in [1.807, 2.05) is 6.07 Å². The van der Waals surface area contributed by atoms with Crippen molar-refractivity contribution in [1.82, 2.24) is 0 Å². The van der Waals surface area contributed by atoms with Crippen molar-refractivity contribution >= 4 is 5.97 Å². The van der Waals surface area contributed by atoms with Gasteiger partial charge in [-0.15, -0.1) is 0 Å². The maximum atomic E-state index is 11.1. The van der Waals surface area contributed by atoms with E-state index in [1.54, 1.807) is 18.2 Å². The highest BCUT2D eigenvalue weighted by Crippen LogP contribution is 2.30. The Morgan fingerprint density at radius 2 is 2.19 bits per heavy atom. The third-order valence-electron chi connectivity index (χ3n) is 2.97. The van der Waals surface area contributed by atoms with Crippen molar-refractivity contribution in [3.8, 4) is 0 Å². The second kappa shape index (κ2) is 4.23. The van der Waals surface area contributed by atoms with Crippen LogP contribution in [0.2, 0.25) is 0 Å². The molecule has 0 saturated carbocycles. The van der Waals surface area contributed by atoms with E-state index in [0.717, 1.165) is 12.8 Å². The van der Waals surface area contributed by atoms with Crippen LogP contribution in [-0.2, 0) is 10.3 Å². The van der Waals surface area contributed by atoms with Gasteiger partial charge in [-0.1, -0.05) is 18.2 Å². The lowest BCUT2D eigenvalue weighted by Gasteiger charge is -2.34. The van der Waals surface area contributed by atoms with E-state index in [1.165, 1.54) is 0 Å². The van der Waals surface area contributed by atoms with Gasteiger partial charge in [0.1, 0.15) is 0 Å². The average Bonchev–Trinajstić information content (AvgIpc) is 2.30. The molecule has 1 aromatic carbocycles. The molecule has 1 aliphatic heterocycles. The molecular weight excluding hydrogens is 206 g/mol. The van der Waals surface area contributed by atoms with Crippen LogP contribution in [0.4, 0.5) is 0 Å². The van der Waals surface area contributed by atoms with Gasteiger partial charge in [-0.05, 0) is 24.5 Å². The van der Waals surface area contributed by atoms with Crippen LogP contribution in [0.1, 0.15) is 28.8 Å². The number of rotatable bonds is 2. The highest BCUT2D eigenvalue weighted by molar-refractivity contribution is 5.89. The third-order valence-corrected chi connectivity index (χ3v) is 2.97. The fourth-order valence-corrected chi connectivity index (χ4v) is 2.13. The fraction of sp³-hybridized carbons (Fsp3) is 0.417. The number of carboxylic acid groups (broad SMARTS) is 1. The van der Waals surface area contributed by atoms with Gasteiger partial charge >= 0.3 is 5.97 Å². The van der Waals surface area contributed by atoms with Crippen molar-refractivity contribution in [2.45, 2.75) is 18.4 Å². The van der Waals surface area contributed by atoms with E-state index in [4.69, 9.17) is 15.6 Å². The summed E-state index contributed by atoms with van der Waals surface area (Å²) >= 11 is 0. The summed E-state index contributed by atoms with van der Waals surface area (Å²) in [6, 6.07) is 6.88. The zero-order valence-corrected chi connectivity index (χ0v) is 8.98. The molecule has 0 amide bonds. The molecule has 1 aromatic rings. The molecule has 0 radical (unpaired) electrons. The first-order chi connectivity index (χ1) is 7.63. The first kappa shape index (κ1) is 11.1. The SMILES string of the molecule is NC1(c2ccccc2C(=O)O)CCCOC1. The number of carboxylic acids is 1. The van der Waals surface area contributed by atoms with Gasteiger partial charge in [-0.3, -0.25) is 0 Å². The molecule has 1 unspecified atom stereocenters. The lowest BCUT2D eigenvalue weighted by molar-refractivity contribution is 0.0356. The van der Waals surface area contributed by atoms with Gasteiger partial charge in [0, 0.05) is 6.61 Å². The van der Waals surface area contributed by atoms with Crippen LogP contribution in [-0.4, -0.2) is 24.3 Å². The Hall–Kier alpha value is -1.39. The van der Waals surface area contributed by atoms with E-state index < -0.39 is 11.5 Å². The van der Waals surface area contributed by atoms with Gasteiger partial charge in [0.05, 0.1) is 17.7 Å². The minimum absolute atomic E-state index is 0.274. The van der Waals surface area contributed by atoms with Gasteiger partial charge in [0.25, 0.3) is 0 Å². The molecule has 0 bridgehead atoms. The first-order valence-electron chi connectivity index (χ1n) is 5.33. The summed E-state index contributed by atoms with van der Waals surface area (Å²) in [5, 5.41) is 9.11. The molecule has 0 aliphatic carbocycles. The second-order valence-corrected chi connectivity index (χ2v) is 4.16. The molecule has 2 rings (SSSR count). The number of aromatic carboxylic acids is 1. The van der Waals surface area contributed by atoms with Crippen molar-refractivity contribution in [3.05, 3.63) is 35.4 Å². The van der Waals surface area contributed by atoms with Crippen LogP contribution >= 0.6 is 0 Å². The van der Waals surface area contributed by atoms with Crippen molar-refractivity contribution in [1.29, 1.82) is 0 Å². The Bertz CT molecular complexity index is 397. The minimum Gasteiger partial charge on any atom is -0.478 e. The number of benzene rings is 1. The Kier molecular flexibility index (Phi) is 2.94. The molecule has 3 N–H and O–H groups in total. The summed E-state index contributed by atoms with van der Waals surface area (Å²) in [6.45, 7) is 1.09. The van der Waals surface area contributed by atoms with Crippen LogP contribution in [0.5, 0.6) is 0 Å². The summed E-state index contributed by atoms with van der Waals surface area (Å²) in [5.74, 6) is -0.939. The maximum Gasteiger partial charge on any atom is 0.336 e. The number of nitrogens with two attached hydrogens (primary N) is 1. The fourth-order valence-electron chi connectivity index (χ4n) is 2.13. The third kappa shape index (κ3) is 1.94. The quantitative estimate of drug-likeness (QED) is 0.790. The Morgan fingerprint density at radius 3 is 2.81 bits per heavy atom. The standard InChI is InChI=1S/C12H15NO3/c13-12(6-3-7-16-8-12)10-5-2-1-4-9(10)11(14)15/h1-2,4-5H,3,6-8,13H2,(H,14,15). The lowest BCUT2D eigenvalue weighted by atomic mass is 9.83. The average molecular weight is 221 g/mol. The van der Waals surface area contributed by atoms with Gasteiger partial charge < -0.3 is 15.6 Å². The van der Waals surface area contributed by atoms with Crippen molar-refractivity contribution < 1.29 is 14.6 Å². The molecule has 1 saturated heterocycles. The van der Waals surface area contributed by atoms with Gasteiger partial charge in [0.2, 0.25) is 0 Å². The summed E-state index contributed by atoms with van der Waals surface area (Å²) in [5.41, 5.74) is 6.51. The second-order valence-electron chi connectivity index (χ2n) is 4.16. The van der Waals surface area contributed by atoms with Gasteiger partial charge in [-0.2, -0.15) is 0 Å². The predicted molar refractivity (Wildman–Crippen MR) is 59.3 cm³/mol. The van der Waals surface area contributed by atoms with Crippen LogP contribution in [0.3, 0.4) is 0 Å². The smallest absolute Gasteiger partial charge is 0.336 e. The molecule has 0 aromatic heterocycles. The van der Waals surface area contributed by atoms with Gasteiger partial charge in [-0.25, -0.2) is 4.79 Å². The zero-order chi connectivity index (χ0) is 11.6. The monoisotopic (exact) mass is 221 g/mol. The first-order valence-corrected chi connectivity index (χ1v) is 5.33. The molecule has 86 valence electrons. The predicted octanol–water partition coefficient (Wildman–Crippen LogP) is 1.35. The number of carbonyl (C=O) groups is 1. The van der Waals surface area contributed by atoms with E-state index >= 15 is 0 Å². The van der Waals surface area contributed by atoms with E-state index in [0.29, 0.717) is 18.8 Å². The molecule has 16 heavy (non-hydrogen) atoms. The van der Waals surface area contributed by atoms with Crippen molar-refractivity contribution in [2.24, 2.45) is 5.73 Å². The molecule has 1 heterocycles. The van der Waals surface area contributed by atoms with E-state index in [2.05, 4.69) is 0 Å². The largest absolute Gasteiger partial charge is 0.478 e. The summed E-state index contributed by atoms with van der Waals surface area (Å²) < 4.78 is 5.36. The Balaban J connectivity index is 2.42. The molecule has 1 atom stereocenters. The van der Waals surface area contributed by atoms with E-state index in [-0.39, 0.29) is 5.56 Å². The van der Waals surface area contributed by atoms with Crippen LogP contribution in [0, 0.1) is 0 Å². The van der Waals surface area contributed by atoms with Crippen molar-refractivity contribution in [3.63, 3.8) is 0 Å². The molecule has 1 aliphatic rings. The number of hydrogen-bond acceptors (Lipinski definition) is 3. The normalized spacial score (nSPS) is 25.3. The topological polar surface area (TPSA) is 72.6 Å². The Morgan fingerprint density at radius 1 is 1.44 bits per heavy atom. The lowest BCUT2D eigenvalue weighted by Crippen LogP contribution is -2.45. The zero-order valence-electron chi connectivity index (χ0n) is 8.98. The van der Waals surface area contributed by atoms with Crippen LogP contribution < -0.4 is 5.73 Å². The molecule has 4 nitrogen and oxygen atoms in total. The maximum absolute atomic E-state index is 11.1. The molecular formula is C12H15NO3. The van der Waals surface area contributed by atoms with Gasteiger partial charge in [0.15, 0.2) is 0 Å². The molecule has 0 spiro atoms. The number of ether oxygens (including phenoxy) is 1. The van der Waals surface area contributed by atoms with E-state index in [9.17, 15) is 4.79 Å². The Labute approximate surface area is 94.0 Å². The van der Waals surface area contributed by atoms with Crippen LogP contribution in [0.15, 0.2) is 24.3 Å². The summed E-state index contributed by atoms with van der Waals surface area (Å²) in [4.78, 5) is 11.1. The number of hydrogen-bond donors (Lipinski definition) is 2. The molecule has 4 heteroatoms. The van der Waals surface area contributed by atoms with Crippen molar-refractivity contribution in [2.75, 3.05) is 13.2 Å². The summed E-state index contributed by atoms with van der Waals surface area (Å²) in [7, 11) is 0. The highest BCUT2D eigenvalue weighted by Gasteiger charge is 2.33. The van der Waals surface area contributed by atoms with Crippen LogP contribution in [0.25, 0.3) is 0 Å². The minimum atomic E-state index is -0.939. The summed E-state index contributed by atoms with van der Waals surface area (Å²) in [6.07, 6.45) is 1.63.